The number of benzene rings is 1. The van der Waals surface area contributed by atoms with Crippen molar-refractivity contribution in [3.63, 3.8) is 0 Å². The van der Waals surface area contributed by atoms with Gasteiger partial charge in [0, 0.05) is 18.1 Å². The van der Waals surface area contributed by atoms with Crippen LogP contribution in [0, 0.1) is 0 Å². The van der Waals surface area contributed by atoms with Crippen molar-refractivity contribution in [1.82, 2.24) is 0 Å². The van der Waals surface area contributed by atoms with E-state index in [0.717, 1.165) is 18.4 Å². The van der Waals surface area contributed by atoms with Crippen molar-refractivity contribution in [2.45, 2.75) is 39.2 Å². The number of ketones is 1. The average Bonchev–Trinajstić information content (AvgIpc) is 2.30. The van der Waals surface area contributed by atoms with Gasteiger partial charge in [-0.25, -0.2) is 0 Å². The van der Waals surface area contributed by atoms with Gasteiger partial charge in [0.1, 0.15) is 6.10 Å². The zero-order valence-electron chi connectivity index (χ0n) is 10.4. The summed E-state index contributed by atoms with van der Waals surface area (Å²) in [6, 6.07) is 7.33. The van der Waals surface area contributed by atoms with E-state index in [1.54, 1.807) is 12.1 Å². The average molecular weight is 255 g/mol. The van der Waals surface area contributed by atoms with Crippen molar-refractivity contribution in [3.8, 4) is 0 Å². The molecule has 0 heterocycles. The smallest absolute Gasteiger partial charge is 0.166 e. The molecular formula is C14H19ClO2. The van der Waals surface area contributed by atoms with Gasteiger partial charge in [0.15, 0.2) is 5.78 Å². The van der Waals surface area contributed by atoms with Crippen LogP contribution in [-0.2, 0) is 9.53 Å². The third-order valence-electron chi connectivity index (χ3n) is 2.43. The lowest BCUT2D eigenvalue weighted by Gasteiger charge is -2.16. The number of halogens is 1. The highest BCUT2D eigenvalue weighted by atomic mass is 35.5. The highest BCUT2D eigenvalue weighted by Crippen LogP contribution is 2.23. The summed E-state index contributed by atoms with van der Waals surface area (Å²) >= 11 is 5.94. The molecule has 0 spiro atoms. The van der Waals surface area contributed by atoms with Crippen LogP contribution in [0.1, 0.15) is 44.8 Å². The van der Waals surface area contributed by atoms with Crippen LogP contribution in [0.4, 0.5) is 0 Å². The summed E-state index contributed by atoms with van der Waals surface area (Å²) in [5.74, 6) is 0.128. The molecule has 1 aromatic carbocycles. The van der Waals surface area contributed by atoms with Crippen molar-refractivity contribution in [3.05, 3.63) is 34.9 Å². The molecule has 0 fully saturated rings. The van der Waals surface area contributed by atoms with Gasteiger partial charge in [-0.1, -0.05) is 37.6 Å². The van der Waals surface area contributed by atoms with Gasteiger partial charge in [-0.15, -0.1) is 0 Å². The standard InChI is InChI=1S/C14H19ClO2/c1-3-6-13(16)14(17-9-4-2)11-7-5-8-12(15)10-11/h5,7-8,10,14H,3-4,6,9H2,1-2H3. The molecule has 0 amide bonds. The number of carbonyl (C=O) groups excluding carboxylic acids is 1. The summed E-state index contributed by atoms with van der Waals surface area (Å²) in [6.45, 7) is 4.61. The highest BCUT2D eigenvalue weighted by molar-refractivity contribution is 6.30. The minimum atomic E-state index is -0.464. The van der Waals surface area contributed by atoms with E-state index in [1.165, 1.54) is 0 Å². The second-order valence-corrected chi connectivity index (χ2v) is 4.46. The molecule has 0 saturated carbocycles. The van der Waals surface area contributed by atoms with Crippen molar-refractivity contribution >= 4 is 17.4 Å². The van der Waals surface area contributed by atoms with Crippen LogP contribution in [0.3, 0.4) is 0 Å². The van der Waals surface area contributed by atoms with Crippen LogP contribution in [0.5, 0.6) is 0 Å². The molecule has 17 heavy (non-hydrogen) atoms. The molecule has 94 valence electrons. The van der Waals surface area contributed by atoms with Gasteiger partial charge < -0.3 is 4.74 Å². The lowest BCUT2D eigenvalue weighted by atomic mass is 10.0. The quantitative estimate of drug-likeness (QED) is 0.730. The van der Waals surface area contributed by atoms with E-state index in [-0.39, 0.29) is 5.78 Å². The maximum atomic E-state index is 12.0. The molecule has 1 aromatic rings. The Kier molecular flexibility index (Phi) is 6.23. The molecule has 3 heteroatoms. The van der Waals surface area contributed by atoms with Crippen molar-refractivity contribution in [2.75, 3.05) is 6.61 Å². The Hall–Kier alpha value is -0.860. The Morgan fingerprint density at radius 3 is 2.71 bits per heavy atom. The van der Waals surface area contributed by atoms with E-state index >= 15 is 0 Å². The topological polar surface area (TPSA) is 26.3 Å². The minimum absolute atomic E-state index is 0.128. The van der Waals surface area contributed by atoms with E-state index in [9.17, 15) is 4.79 Å². The van der Waals surface area contributed by atoms with Crippen LogP contribution < -0.4 is 0 Å². The van der Waals surface area contributed by atoms with E-state index in [2.05, 4.69) is 0 Å². The summed E-state index contributed by atoms with van der Waals surface area (Å²) in [4.78, 5) is 12.0. The molecule has 0 aromatic heterocycles. The van der Waals surface area contributed by atoms with Gasteiger partial charge in [-0.05, 0) is 30.5 Å². The molecule has 0 saturated heterocycles. The van der Waals surface area contributed by atoms with Crippen molar-refractivity contribution in [1.29, 1.82) is 0 Å². The summed E-state index contributed by atoms with van der Waals surface area (Å²) in [5.41, 5.74) is 0.851. The van der Waals surface area contributed by atoms with E-state index in [0.29, 0.717) is 18.1 Å². The van der Waals surface area contributed by atoms with Crippen LogP contribution in [0.25, 0.3) is 0 Å². The molecule has 1 rings (SSSR count). The Balaban J connectivity index is 2.85. The minimum Gasteiger partial charge on any atom is -0.366 e. The number of carbonyl (C=O) groups is 1. The normalized spacial score (nSPS) is 12.4. The molecule has 1 atom stereocenters. The first kappa shape index (κ1) is 14.2. The predicted octanol–water partition coefficient (Wildman–Crippen LogP) is 4.18. The van der Waals surface area contributed by atoms with Gasteiger partial charge in [0.2, 0.25) is 0 Å². The lowest BCUT2D eigenvalue weighted by Crippen LogP contribution is -2.16. The third-order valence-corrected chi connectivity index (χ3v) is 2.66. The molecule has 0 aliphatic heterocycles. The molecule has 2 nitrogen and oxygen atoms in total. The Bertz CT molecular complexity index is 363. The van der Waals surface area contributed by atoms with Gasteiger partial charge in [0.05, 0.1) is 0 Å². The van der Waals surface area contributed by atoms with Gasteiger partial charge in [-0.2, -0.15) is 0 Å². The molecular weight excluding hydrogens is 236 g/mol. The first-order valence-corrected chi connectivity index (χ1v) is 6.46. The fourth-order valence-electron chi connectivity index (χ4n) is 1.66. The van der Waals surface area contributed by atoms with Crippen molar-refractivity contribution in [2.24, 2.45) is 0 Å². The second kappa shape index (κ2) is 7.46. The van der Waals surface area contributed by atoms with Gasteiger partial charge >= 0.3 is 0 Å². The Morgan fingerprint density at radius 1 is 1.35 bits per heavy atom. The third kappa shape index (κ3) is 4.49. The van der Waals surface area contributed by atoms with Gasteiger partial charge in [-0.3, -0.25) is 4.79 Å². The molecule has 1 unspecified atom stereocenters. The fourth-order valence-corrected chi connectivity index (χ4v) is 1.86. The number of hydrogen-bond donors (Lipinski definition) is 0. The molecule has 0 aliphatic carbocycles. The number of rotatable bonds is 7. The largest absolute Gasteiger partial charge is 0.366 e. The first-order chi connectivity index (χ1) is 8.19. The summed E-state index contributed by atoms with van der Waals surface area (Å²) in [7, 11) is 0. The summed E-state index contributed by atoms with van der Waals surface area (Å²) in [6.07, 6.45) is 1.82. The highest BCUT2D eigenvalue weighted by Gasteiger charge is 2.20. The molecule has 0 N–H and O–H groups in total. The lowest BCUT2D eigenvalue weighted by molar-refractivity contribution is -0.131. The maximum absolute atomic E-state index is 12.0. The number of Topliss-reactive ketones (excluding diaryl/α,β-unsaturated/α-hetero) is 1. The summed E-state index contributed by atoms with van der Waals surface area (Å²) < 4.78 is 5.64. The SMILES string of the molecule is CCCOC(C(=O)CCC)c1cccc(Cl)c1. The predicted molar refractivity (Wildman–Crippen MR) is 70.4 cm³/mol. The number of hydrogen-bond acceptors (Lipinski definition) is 2. The van der Waals surface area contributed by atoms with Crippen LogP contribution >= 0.6 is 11.6 Å². The molecule has 0 bridgehead atoms. The van der Waals surface area contributed by atoms with Crippen LogP contribution in [0.2, 0.25) is 5.02 Å². The fraction of sp³-hybridized carbons (Fsp3) is 0.500. The van der Waals surface area contributed by atoms with E-state index in [1.807, 2.05) is 26.0 Å². The Labute approximate surface area is 108 Å². The van der Waals surface area contributed by atoms with Crippen molar-refractivity contribution < 1.29 is 9.53 Å². The number of ether oxygens (including phenoxy) is 1. The zero-order chi connectivity index (χ0) is 12.7. The van der Waals surface area contributed by atoms with E-state index in [4.69, 9.17) is 16.3 Å². The summed E-state index contributed by atoms with van der Waals surface area (Å²) in [5, 5.41) is 0.636. The molecule has 0 radical (unpaired) electrons. The van der Waals surface area contributed by atoms with Gasteiger partial charge in [0.25, 0.3) is 0 Å². The van der Waals surface area contributed by atoms with Crippen LogP contribution in [-0.4, -0.2) is 12.4 Å². The molecule has 0 aliphatic rings. The van der Waals surface area contributed by atoms with E-state index < -0.39 is 6.10 Å². The monoisotopic (exact) mass is 254 g/mol. The maximum Gasteiger partial charge on any atom is 0.166 e. The Morgan fingerprint density at radius 2 is 2.12 bits per heavy atom. The van der Waals surface area contributed by atoms with Crippen LogP contribution in [0.15, 0.2) is 24.3 Å². The zero-order valence-corrected chi connectivity index (χ0v) is 11.2. The first-order valence-electron chi connectivity index (χ1n) is 6.08. The second-order valence-electron chi connectivity index (χ2n) is 4.02.